The zero-order chi connectivity index (χ0) is 14.7. The summed E-state index contributed by atoms with van der Waals surface area (Å²) in [6, 6.07) is 8.80. The maximum atomic E-state index is 12.0. The van der Waals surface area contributed by atoms with Crippen molar-refractivity contribution in [2.24, 2.45) is 0 Å². The number of esters is 1. The number of halogens is 1. The largest absolute Gasteiger partial charge is 0.465 e. The Labute approximate surface area is 128 Å². The smallest absolute Gasteiger partial charge is 0.348 e. The lowest BCUT2D eigenvalue weighted by atomic mass is 10.2. The molecular weight excluding hydrogens is 342 g/mol. The number of anilines is 1. The van der Waals surface area contributed by atoms with E-state index >= 15 is 0 Å². The number of carbonyl (C=O) groups is 2. The van der Waals surface area contributed by atoms with Crippen LogP contribution in [0.4, 0.5) is 5.00 Å². The van der Waals surface area contributed by atoms with Crippen molar-refractivity contribution in [1.82, 2.24) is 0 Å². The average Bonchev–Trinajstić information content (AvgIpc) is 2.79. The molecule has 0 radical (unpaired) electrons. The Morgan fingerprint density at radius 2 is 1.90 bits per heavy atom. The average molecular weight is 354 g/mol. The molecule has 0 atom stereocenters. The van der Waals surface area contributed by atoms with Crippen molar-refractivity contribution < 1.29 is 14.3 Å². The van der Waals surface area contributed by atoms with Crippen LogP contribution < -0.4 is 5.32 Å². The van der Waals surface area contributed by atoms with Crippen molar-refractivity contribution in [3.63, 3.8) is 0 Å². The van der Waals surface area contributed by atoms with Crippen LogP contribution >= 0.6 is 27.3 Å². The van der Waals surface area contributed by atoms with Gasteiger partial charge in [-0.3, -0.25) is 4.79 Å². The van der Waals surface area contributed by atoms with E-state index in [1.54, 1.807) is 37.3 Å². The van der Waals surface area contributed by atoms with Crippen molar-refractivity contribution in [1.29, 1.82) is 0 Å². The van der Waals surface area contributed by atoms with Crippen LogP contribution in [0.3, 0.4) is 0 Å². The van der Waals surface area contributed by atoms with Gasteiger partial charge in [-0.05, 0) is 42.8 Å². The maximum absolute atomic E-state index is 12.0. The van der Waals surface area contributed by atoms with Crippen LogP contribution in [0.2, 0.25) is 0 Å². The lowest BCUT2D eigenvalue weighted by Gasteiger charge is -2.02. The highest BCUT2D eigenvalue weighted by Crippen LogP contribution is 2.27. The monoisotopic (exact) mass is 353 g/mol. The van der Waals surface area contributed by atoms with Gasteiger partial charge in [0.15, 0.2) is 0 Å². The fourth-order valence-electron chi connectivity index (χ4n) is 1.62. The number of rotatable bonds is 3. The van der Waals surface area contributed by atoms with E-state index in [2.05, 4.69) is 26.0 Å². The molecule has 104 valence electrons. The molecule has 2 rings (SSSR count). The van der Waals surface area contributed by atoms with Crippen molar-refractivity contribution >= 4 is 44.1 Å². The summed E-state index contributed by atoms with van der Waals surface area (Å²) in [5, 5.41) is 3.40. The van der Waals surface area contributed by atoms with Gasteiger partial charge in [0.2, 0.25) is 0 Å². The van der Waals surface area contributed by atoms with E-state index in [9.17, 15) is 9.59 Å². The van der Waals surface area contributed by atoms with E-state index < -0.39 is 5.97 Å². The first-order valence-electron chi connectivity index (χ1n) is 5.77. The van der Waals surface area contributed by atoms with Crippen LogP contribution in [-0.2, 0) is 4.74 Å². The molecule has 4 nitrogen and oxygen atoms in total. The second-order valence-electron chi connectivity index (χ2n) is 4.08. The molecule has 0 unspecified atom stereocenters. The minimum absolute atomic E-state index is 0.213. The lowest BCUT2D eigenvalue weighted by Crippen LogP contribution is -2.10. The first-order chi connectivity index (χ1) is 9.51. The summed E-state index contributed by atoms with van der Waals surface area (Å²) in [5.41, 5.74) is 1.34. The molecule has 1 amide bonds. The molecule has 0 saturated heterocycles. The number of nitrogens with one attached hydrogen (secondary N) is 1. The maximum Gasteiger partial charge on any atom is 0.348 e. The number of methoxy groups -OCH3 is 1. The fraction of sp³-hybridized carbons (Fsp3) is 0.143. The number of hydrogen-bond donors (Lipinski definition) is 1. The van der Waals surface area contributed by atoms with Gasteiger partial charge in [0, 0.05) is 10.0 Å². The third-order valence-corrected chi connectivity index (χ3v) is 4.29. The van der Waals surface area contributed by atoms with Crippen LogP contribution in [0, 0.1) is 6.92 Å². The summed E-state index contributed by atoms with van der Waals surface area (Å²) in [6.07, 6.45) is 0. The zero-order valence-corrected chi connectivity index (χ0v) is 13.3. The Morgan fingerprint density at radius 1 is 1.25 bits per heavy atom. The molecule has 6 heteroatoms. The molecule has 0 aliphatic rings. The van der Waals surface area contributed by atoms with Crippen LogP contribution in [0.15, 0.2) is 34.8 Å². The predicted octanol–water partition coefficient (Wildman–Crippen LogP) is 3.86. The molecule has 0 saturated carbocycles. The highest BCUT2D eigenvalue weighted by Gasteiger charge is 2.15. The second-order valence-corrected chi connectivity index (χ2v) is 6.04. The molecule has 0 aliphatic heterocycles. The Kier molecular flexibility index (Phi) is 4.57. The molecule has 20 heavy (non-hydrogen) atoms. The van der Waals surface area contributed by atoms with Crippen molar-refractivity contribution in [2.45, 2.75) is 6.92 Å². The van der Waals surface area contributed by atoms with E-state index in [4.69, 9.17) is 0 Å². The predicted molar refractivity (Wildman–Crippen MR) is 82.5 cm³/mol. The normalized spacial score (nSPS) is 10.2. The minimum atomic E-state index is -0.392. The van der Waals surface area contributed by atoms with E-state index in [1.807, 2.05) is 0 Å². The Balaban J connectivity index is 2.16. The number of aryl methyl sites for hydroxylation is 1. The van der Waals surface area contributed by atoms with Gasteiger partial charge in [-0.1, -0.05) is 15.9 Å². The molecule has 0 fully saturated rings. The minimum Gasteiger partial charge on any atom is -0.465 e. The summed E-state index contributed by atoms with van der Waals surface area (Å²) in [5.74, 6) is -0.605. The first kappa shape index (κ1) is 14.7. The lowest BCUT2D eigenvalue weighted by molar-refractivity contribution is 0.0605. The number of ether oxygens (including phenoxy) is 1. The van der Waals surface area contributed by atoms with Crippen LogP contribution in [0.1, 0.15) is 25.6 Å². The molecule has 0 bridgehead atoms. The van der Waals surface area contributed by atoms with E-state index in [0.717, 1.165) is 10.0 Å². The van der Waals surface area contributed by atoms with E-state index in [-0.39, 0.29) is 5.91 Å². The number of carbonyl (C=O) groups excluding carboxylic acids is 2. The van der Waals surface area contributed by atoms with Crippen LogP contribution in [0.25, 0.3) is 0 Å². The van der Waals surface area contributed by atoms with Gasteiger partial charge >= 0.3 is 5.97 Å². The van der Waals surface area contributed by atoms with Crippen molar-refractivity contribution in [3.05, 3.63) is 50.8 Å². The van der Waals surface area contributed by atoms with E-state index in [1.165, 1.54) is 18.4 Å². The number of benzene rings is 1. The Morgan fingerprint density at radius 3 is 2.50 bits per heavy atom. The molecule has 1 aromatic carbocycles. The van der Waals surface area contributed by atoms with Gasteiger partial charge < -0.3 is 10.1 Å². The van der Waals surface area contributed by atoms with E-state index in [0.29, 0.717) is 15.4 Å². The SMILES string of the molecule is COC(=O)c1sc(NC(=O)c2ccc(Br)cc2)cc1C. The van der Waals surface area contributed by atoms with Crippen LogP contribution in [-0.4, -0.2) is 19.0 Å². The molecule has 0 aliphatic carbocycles. The Hall–Kier alpha value is -1.66. The summed E-state index contributed by atoms with van der Waals surface area (Å²) >= 11 is 4.52. The topological polar surface area (TPSA) is 55.4 Å². The first-order valence-corrected chi connectivity index (χ1v) is 7.38. The third-order valence-electron chi connectivity index (χ3n) is 2.63. The number of thiophene rings is 1. The molecule has 2 aromatic rings. The van der Waals surface area contributed by atoms with Crippen LogP contribution in [0.5, 0.6) is 0 Å². The molecule has 1 heterocycles. The molecule has 1 N–H and O–H groups in total. The molecule has 1 aromatic heterocycles. The van der Waals surface area contributed by atoms with Gasteiger partial charge in [0.1, 0.15) is 4.88 Å². The molecule has 0 spiro atoms. The third kappa shape index (κ3) is 3.26. The van der Waals surface area contributed by atoms with Gasteiger partial charge in [-0.15, -0.1) is 11.3 Å². The zero-order valence-electron chi connectivity index (χ0n) is 10.9. The van der Waals surface area contributed by atoms with Gasteiger partial charge in [-0.2, -0.15) is 0 Å². The fourth-order valence-corrected chi connectivity index (χ4v) is 2.87. The summed E-state index contributed by atoms with van der Waals surface area (Å²) in [6.45, 7) is 1.80. The summed E-state index contributed by atoms with van der Waals surface area (Å²) in [7, 11) is 1.33. The summed E-state index contributed by atoms with van der Waals surface area (Å²) in [4.78, 5) is 24.1. The van der Waals surface area contributed by atoms with Crippen molar-refractivity contribution in [3.8, 4) is 0 Å². The highest BCUT2D eigenvalue weighted by molar-refractivity contribution is 9.10. The number of amides is 1. The van der Waals surface area contributed by atoms with Gasteiger partial charge in [-0.25, -0.2) is 4.79 Å². The quantitative estimate of drug-likeness (QED) is 0.852. The van der Waals surface area contributed by atoms with Crippen molar-refractivity contribution in [2.75, 3.05) is 12.4 Å². The standard InChI is InChI=1S/C14H12BrNO3S/c1-8-7-11(20-12(8)14(18)19-2)16-13(17)9-3-5-10(15)6-4-9/h3-7H,1-2H3,(H,16,17). The highest BCUT2D eigenvalue weighted by atomic mass is 79.9. The Bertz CT molecular complexity index is 649. The van der Waals surface area contributed by atoms with Gasteiger partial charge in [0.25, 0.3) is 5.91 Å². The molecular formula is C14H12BrNO3S. The van der Waals surface area contributed by atoms with Gasteiger partial charge in [0.05, 0.1) is 12.1 Å². The second kappa shape index (κ2) is 6.19. The summed E-state index contributed by atoms with van der Waals surface area (Å²) < 4.78 is 5.60. The number of hydrogen-bond acceptors (Lipinski definition) is 4.